The molecule has 0 aliphatic rings. The third-order valence-corrected chi connectivity index (χ3v) is 3.36. The van der Waals surface area contributed by atoms with Crippen molar-refractivity contribution in [2.45, 2.75) is 0 Å². The molecule has 0 aliphatic heterocycles. The average molecular weight is 245 g/mol. The van der Waals surface area contributed by atoms with Gasteiger partial charge < -0.3 is 5.11 Å². The Hall–Kier alpha value is -2.21. The van der Waals surface area contributed by atoms with Crippen molar-refractivity contribution in [3.05, 3.63) is 41.7 Å². The number of carboxylic acid groups (broad SMARTS) is 1. The molecule has 3 aromatic heterocycles. The van der Waals surface area contributed by atoms with Crippen molar-refractivity contribution in [2.75, 3.05) is 0 Å². The van der Waals surface area contributed by atoms with E-state index in [4.69, 9.17) is 5.11 Å². The summed E-state index contributed by atoms with van der Waals surface area (Å²) < 4.78 is 2.55. The summed E-state index contributed by atoms with van der Waals surface area (Å²) in [6, 6.07) is 5.30. The SMILES string of the molecule is O=C(O)c1cc2nn(-c3cccnc3)cc2s1. The zero-order chi connectivity index (χ0) is 11.8. The lowest BCUT2D eigenvalue weighted by molar-refractivity contribution is 0.0702. The molecule has 1 N–H and O–H groups in total. The molecule has 3 rings (SSSR count). The fraction of sp³-hybridized carbons (Fsp3) is 0. The van der Waals surface area contributed by atoms with Crippen molar-refractivity contribution < 1.29 is 9.90 Å². The molecule has 0 atom stereocenters. The summed E-state index contributed by atoms with van der Waals surface area (Å²) in [5.41, 5.74) is 1.55. The van der Waals surface area contributed by atoms with Crippen LogP contribution in [0.2, 0.25) is 0 Å². The van der Waals surface area contributed by atoms with Crippen LogP contribution in [-0.4, -0.2) is 25.8 Å². The number of pyridine rings is 1. The summed E-state index contributed by atoms with van der Waals surface area (Å²) in [5, 5.41) is 13.2. The Bertz CT molecular complexity index is 656. The summed E-state index contributed by atoms with van der Waals surface area (Å²) in [4.78, 5) is 15.1. The molecule has 3 heterocycles. The maximum absolute atomic E-state index is 10.8. The van der Waals surface area contributed by atoms with E-state index in [0.717, 1.165) is 10.4 Å². The Morgan fingerprint density at radius 3 is 3.00 bits per heavy atom. The monoisotopic (exact) mass is 245 g/mol. The number of aromatic nitrogens is 3. The molecule has 0 unspecified atom stereocenters. The van der Waals surface area contributed by atoms with Gasteiger partial charge in [-0.1, -0.05) is 0 Å². The topological polar surface area (TPSA) is 68.0 Å². The Morgan fingerprint density at radius 1 is 1.47 bits per heavy atom. The van der Waals surface area contributed by atoms with E-state index in [-0.39, 0.29) is 0 Å². The van der Waals surface area contributed by atoms with Gasteiger partial charge in [0, 0.05) is 12.4 Å². The third kappa shape index (κ3) is 1.68. The quantitative estimate of drug-likeness (QED) is 0.751. The van der Waals surface area contributed by atoms with E-state index in [1.807, 2.05) is 18.3 Å². The zero-order valence-corrected chi connectivity index (χ0v) is 9.39. The molecule has 0 radical (unpaired) electrons. The van der Waals surface area contributed by atoms with Gasteiger partial charge in [0.2, 0.25) is 0 Å². The van der Waals surface area contributed by atoms with Crippen LogP contribution in [0, 0.1) is 0 Å². The molecule has 3 aromatic rings. The van der Waals surface area contributed by atoms with E-state index < -0.39 is 5.97 Å². The normalized spacial score (nSPS) is 10.8. The summed E-state index contributed by atoms with van der Waals surface area (Å²) in [6.45, 7) is 0. The summed E-state index contributed by atoms with van der Waals surface area (Å²) >= 11 is 1.22. The number of fused-ring (bicyclic) bond motifs is 1. The first-order chi connectivity index (χ1) is 8.24. The molecular weight excluding hydrogens is 238 g/mol. The van der Waals surface area contributed by atoms with Crippen LogP contribution in [0.5, 0.6) is 0 Å². The lowest BCUT2D eigenvalue weighted by Gasteiger charge is -1.97. The Balaban J connectivity index is 2.10. The number of hydrogen-bond donors (Lipinski definition) is 1. The van der Waals surface area contributed by atoms with E-state index in [9.17, 15) is 4.79 Å². The van der Waals surface area contributed by atoms with Gasteiger partial charge in [-0.3, -0.25) is 4.98 Å². The molecule has 0 spiro atoms. The number of hydrogen-bond acceptors (Lipinski definition) is 4. The molecule has 0 saturated carbocycles. The molecule has 0 aliphatic carbocycles. The zero-order valence-electron chi connectivity index (χ0n) is 8.57. The molecule has 0 amide bonds. The molecule has 5 nitrogen and oxygen atoms in total. The highest BCUT2D eigenvalue weighted by Gasteiger charge is 2.11. The first kappa shape index (κ1) is 9.98. The molecule has 84 valence electrons. The highest BCUT2D eigenvalue weighted by atomic mass is 32.1. The predicted molar refractivity (Wildman–Crippen MR) is 63.7 cm³/mol. The number of carboxylic acids is 1. The molecule has 6 heteroatoms. The van der Waals surface area contributed by atoms with Gasteiger partial charge in [0.15, 0.2) is 0 Å². The van der Waals surface area contributed by atoms with Crippen LogP contribution in [0.15, 0.2) is 36.8 Å². The van der Waals surface area contributed by atoms with Gasteiger partial charge in [-0.15, -0.1) is 11.3 Å². The Morgan fingerprint density at radius 2 is 2.35 bits per heavy atom. The summed E-state index contributed by atoms with van der Waals surface area (Å²) in [5.74, 6) is -0.916. The molecule has 0 saturated heterocycles. The first-order valence-electron chi connectivity index (χ1n) is 4.87. The maximum Gasteiger partial charge on any atom is 0.345 e. The molecule has 0 fully saturated rings. The van der Waals surface area contributed by atoms with Crippen LogP contribution in [0.1, 0.15) is 9.67 Å². The van der Waals surface area contributed by atoms with Crippen molar-refractivity contribution in [1.82, 2.24) is 14.8 Å². The van der Waals surface area contributed by atoms with Gasteiger partial charge >= 0.3 is 5.97 Å². The Labute approximate surface area is 100.0 Å². The smallest absolute Gasteiger partial charge is 0.345 e. The van der Waals surface area contributed by atoms with Gasteiger partial charge in [0.05, 0.1) is 16.6 Å². The van der Waals surface area contributed by atoms with E-state index in [0.29, 0.717) is 10.4 Å². The van der Waals surface area contributed by atoms with Crippen molar-refractivity contribution in [1.29, 1.82) is 0 Å². The standard InChI is InChI=1S/C11H7N3O2S/c15-11(16)9-4-8-10(17-9)6-14(13-8)7-2-1-3-12-5-7/h1-6H,(H,15,16). The molecule has 17 heavy (non-hydrogen) atoms. The van der Waals surface area contributed by atoms with Crippen LogP contribution in [-0.2, 0) is 0 Å². The highest BCUT2D eigenvalue weighted by molar-refractivity contribution is 7.20. The lowest BCUT2D eigenvalue weighted by atomic mass is 10.4. The molecule has 0 bridgehead atoms. The largest absolute Gasteiger partial charge is 0.477 e. The fourth-order valence-corrected chi connectivity index (χ4v) is 2.40. The fourth-order valence-electron chi connectivity index (χ4n) is 1.55. The molecular formula is C11H7N3O2S. The van der Waals surface area contributed by atoms with E-state index in [1.165, 1.54) is 11.3 Å². The van der Waals surface area contributed by atoms with Crippen LogP contribution in [0.25, 0.3) is 15.9 Å². The highest BCUT2D eigenvalue weighted by Crippen LogP contribution is 2.25. The van der Waals surface area contributed by atoms with Gasteiger partial charge in [-0.25, -0.2) is 9.48 Å². The van der Waals surface area contributed by atoms with Crippen LogP contribution in [0.4, 0.5) is 0 Å². The first-order valence-corrected chi connectivity index (χ1v) is 5.68. The van der Waals surface area contributed by atoms with Gasteiger partial charge in [0.25, 0.3) is 0 Å². The number of rotatable bonds is 2. The van der Waals surface area contributed by atoms with Crippen LogP contribution in [0.3, 0.4) is 0 Å². The predicted octanol–water partition coefficient (Wildman–Crippen LogP) is 2.18. The van der Waals surface area contributed by atoms with Crippen LogP contribution < -0.4 is 0 Å². The minimum atomic E-state index is -0.916. The summed E-state index contributed by atoms with van der Waals surface area (Å²) in [7, 11) is 0. The second-order valence-electron chi connectivity index (χ2n) is 3.45. The van der Waals surface area contributed by atoms with Crippen molar-refractivity contribution in [3.63, 3.8) is 0 Å². The average Bonchev–Trinajstić information content (AvgIpc) is 2.87. The Kier molecular flexibility index (Phi) is 2.15. The maximum atomic E-state index is 10.8. The summed E-state index contributed by atoms with van der Waals surface area (Å²) in [6.07, 6.45) is 5.20. The van der Waals surface area contributed by atoms with Gasteiger partial charge in [-0.2, -0.15) is 5.10 Å². The minimum Gasteiger partial charge on any atom is -0.477 e. The van der Waals surface area contributed by atoms with Gasteiger partial charge in [0.1, 0.15) is 10.4 Å². The van der Waals surface area contributed by atoms with Crippen LogP contribution >= 0.6 is 11.3 Å². The third-order valence-electron chi connectivity index (χ3n) is 2.32. The number of nitrogens with zero attached hydrogens (tertiary/aromatic N) is 3. The van der Waals surface area contributed by atoms with Gasteiger partial charge in [-0.05, 0) is 18.2 Å². The van der Waals surface area contributed by atoms with E-state index >= 15 is 0 Å². The molecule has 0 aromatic carbocycles. The van der Waals surface area contributed by atoms with Crippen molar-refractivity contribution in [2.24, 2.45) is 0 Å². The van der Waals surface area contributed by atoms with E-state index in [1.54, 1.807) is 23.1 Å². The second kappa shape index (κ2) is 3.67. The number of thiophene rings is 1. The van der Waals surface area contributed by atoms with E-state index in [2.05, 4.69) is 10.1 Å². The lowest BCUT2D eigenvalue weighted by Crippen LogP contribution is -1.95. The number of carbonyl (C=O) groups is 1. The van der Waals surface area contributed by atoms with Crippen molar-refractivity contribution >= 4 is 27.5 Å². The number of aromatic carboxylic acids is 1. The second-order valence-corrected chi connectivity index (χ2v) is 4.53. The minimum absolute atomic E-state index is 0.306. The van der Waals surface area contributed by atoms with Crippen molar-refractivity contribution in [3.8, 4) is 5.69 Å².